The minimum Gasteiger partial charge on any atom is -0.353 e. The number of carbonyl (C=O) groups is 1. The summed E-state index contributed by atoms with van der Waals surface area (Å²) in [6, 6.07) is 10.00. The van der Waals surface area contributed by atoms with Gasteiger partial charge in [0.25, 0.3) is 0 Å². The molecule has 0 unspecified atom stereocenters. The molecule has 1 aliphatic rings. The standard InChI is InChI=1S/C23H24F3N7O/c1-15-7-8-27-19(13-15)31-20-14-21(29-16(2)28-20)32-9-11-33(12-10-32)22(34)30-18-6-4-3-5-17(18)23(24,25)26/h3-8,13-14H,9-12H2,1-2H3,(H,30,34)(H,27,28,29,31). The molecule has 0 spiro atoms. The maximum absolute atomic E-state index is 13.2. The number of hydrogen-bond donors (Lipinski definition) is 2. The molecule has 1 aromatic carbocycles. The van der Waals surface area contributed by atoms with E-state index in [1.807, 2.05) is 30.0 Å². The van der Waals surface area contributed by atoms with Crippen LogP contribution in [0.15, 0.2) is 48.7 Å². The van der Waals surface area contributed by atoms with Crippen LogP contribution in [0, 0.1) is 13.8 Å². The molecule has 1 saturated heterocycles. The van der Waals surface area contributed by atoms with Gasteiger partial charge in [0.1, 0.15) is 23.3 Å². The van der Waals surface area contributed by atoms with Crippen LogP contribution in [-0.2, 0) is 6.18 Å². The van der Waals surface area contributed by atoms with Gasteiger partial charge in [0, 0.05) is 38.4 Å². The van der Waals surface area contributed by atoms with Crippen LogP contribution < -0.4 is 15.5 Å². The van der Waals surface area contributed by atoms with E-state index in [-0.39, 0.29) is 5.69 Å². The highest BCUT2D eigenvalue weighted by atomic mass is 19.4. The summed E-state index contributed by atoms with van der Waals surface area (Å²) >= 11 is 0. The Morgan fingerprint density at radius 1 is 0.971 bits per heavy atom. The predicted octanol–water partition coefficient (Wildman–Crippen LogP) is 4.60. The molecule has 178 valence electrons. The van der Waals surface area contributed by atoms with Crippen molar-refractivity contribution in [1.29, 1.82) is 0 Å². The van der Waals surface area contributed by atoms with Gasteiger partial charge in [0.05, 0.1) is 11.3 Å². The molecule has 0 aliphatic carbocycles. The molecular weight excluding hydrogens is 447 g/mol. The number of rotatable bonds is 4. The van der Waals surface area contributed by atoms with E-state index < -0.39 is 17.8 Å². The number of nitrogens with zero attached hydrogens (tertiary/aromatic N) is 5. The molecule has 0 radical (unpaired) electrons. The van der Waals surface area contributed by atoms with Crippen LogP contribution in [0.4, 0.5) is 41.1 Å². The predicted molar refractivity (Wildman–Crippen MR) is 123 cm³/mol. The monoisotopic (exact) mass is 471 g/mol. The van der Waals surface area contributed by atoms with E-state index in [0.29, 0.717) is 49.5 Å². The van der Waals surface area contributed by atoms with Crippen molar-refractivity contribution >= 4 is 29.2 Å². The number of benzene rings is 1. The maximum Gasteiger partial charge on any atom is 0.418 e. The van der Waals surface area contributed by atoms with Gasteiger partial charge in [-0.1, -0.05) is 12.1 Å². The summed E-state index contributed by atoms with van der Waals surface area (Å²) in [5.74, 6) is 2.55. The van der Waals surface area contributed by atoms with Crippen LogP contribution in [0.1, 0.15) is 17.0 Å². The molecule has 4 rings (SSSR count). The fourth-order valence-corrected chi connectivity index (χ4v) is 3.69. The second kappa shape index (κ2) is 9.54. The third-order valence-corrected chi connectivity index (χ3v) is 5.36. The Balaban J connectivity index is 1.40. The summed E-state index contributed by atoms with van der Waals surface area (Å²) in [7, 11) is 0. The Bertz CT molecular complexity index is 1180. The summed E-state index contributed by atoms with van der Waals surface area (Å²) in [5, 5.41) is 5.58. The Hall–Kier alpha value is -3.89. The van der Waals surface area contributed by atoms with Crippen LogP contribution in [0.2, 0.25) is 0 Å². The summed E-state index contributed by atoms with van der Waals surface area (Å²) in [6.45, 7) is 5.40. The number of hydrogen-bond acceptors (Lipinski definition) is 6. The number of alkyl halides is 3. The van der Waals surface area contributed by atoms with Crippen LogP contribution in [0.3, 0.4) is 0 Å². The quantitative estimate of drug-likeness (QED) is 0.578. The second-order valence-corrected chi connectivity index (χ2v) is 7.95. The zero-order valence-corrected chi connectivity index (χ0v) is 18.7. The number of piperazine rings is 1. The average Bonchev–Trinajstić information content (AvgIpc) is 2.78. The number of anilines is 4. The minimum absolute atomic E-state index is 0.255. The van der Waals surface area contributed by atoms with Crippen LogP contribution in [-0.4, -0.2) is 52.1 Å². The molecule has 0 saturated carbocycles. The third-order valence-electron chi connectivity index (χ3n) is 5.36. The topological polar surface area (TPSA) is 86.3 Å². The molecule has 3 aromatic rings. The number of pyridine rings is 1. The summed E-state index contributed by atoms with van der Waals surface area (Å²) in [6.07, 6.45) is -2.84. The first-order chi connectivity index (χ1) is 16.2. The molecule has 2 aromatic heterocycles. The normalized spacial score (nSPS) is 14.1. The number of aromatic nitrogens is 3. The zero-order chi connectivity index (χ0) is 24.3. The van der Waals surface area contributed by atoms with Gasteiger partial charge >= 0.3 is 12.2 Å². The summed E-state index contributed by atoms with van der Waals surface area (Å²) in [4.78, 5) is 29.3. The van der Waals surface area contributed by atoms with Crippen molar-refractivity contribution in [2.45, 2.75) is 20.0 Å². The first-order valence-electron chi connectivity index (χ1n) is 10.7. The lowest BCUT2D eigenvalue weighted by Gasteiger charge is -2.35. The Labute approximate surface area is 194 Å². The van der Waals surface area contributed by atoms with Gasteiger partial charge in [-0.2, -0.15) is 13.2 Å². The average molecular weight is 471 g/mol. The van der Waals surface area contributed by atoms with E-state index in [4.69, 9.17) is 0 Å². The number of halogens is 3. The molecule has 11 heteroatoms. The molecule has 3 heterocycles. The van der Waals surface area contributed by atoms with Crippen LogP contribution in [0.5, 0.6) is 0 Å². The number of carbonyl (C=O) groups excluding carboxylic acids is 1. The third kappa shape index (κ3) is 5.53. The highest BCUT2D eigenvalue weighted by Crippen LogP contribution is 2.34. The van der Waals surface area contributed by atoms with E-state index in [2.05, 4.69) is 25.6 Å². The first kappa shape index (κ1) is 23.3. The summed E-state index contributed by atoms with van der Waals surface area (Å²) < 4.78 is 39.6. The molecule has 0 atom stereocenters. The lowest BCUT2D eigenvalue weighted by molar-refractivity contribution is -0.136. The maximum atomic E-state index is 13.2. The number of urea groups is 1. The lowest BCUT2D eigenvalue weighted by Crippen LogP contribution is -2.50. The molecule has 8 nitrogen and oxygen atoms in total. The van der Waals surface area contributed by atoms with Crippen molar-refractivity contribution in [1.82, 2.24) is 19.9 Å². The number of amides is 2. The van der Waals surface area contributed by atoms with E-state index in [0.717, 1.165) is 11.6 Å². The van der Waals surface area contributed by atoms with E-state index >= 15 is 0 Å². The molecule has 1 fully saturated rings. The fourth-order valence-electron chi connectivity index (χ4n) is 3.69. The molecule has 2 N–H and O–H groups in total. The first-order valence-corrected chi connectivity index (χ1v) is 10.7. The highest BCUT2D eigenvalue weighted by molar-refractivity contribution is 5.90. The number of para-hydroxylation sites is 1. The smallest absolute Gasteiger partial charge is 0.353 e. The zero-order valence-electron chi connectivity index (χ0n) is 18.7. The highest BCUT2D eigenvalue weighted by Gasteiger charge is 2.34. The van der Waals surface area contributed by atoms with Crippen molar-refractivity contribution in [3.8, 4) is 0 Å². The van der Waals surface area contributed by atoms with Crippen molar-refractivity contribution in [2.75, 3.05) is 41.7 Å². The largest absolute Gasteiger partial charge is 0.418 e. The van der Waals surface area contributed by atoms with Gasteiger partial charge in [-0.3, -0.25) is 0 Å². The van der Waals surface area contributed by atoms with Gasteiger partial charge in [-0.25, -0.2) is 19.7 Å². The molecule has 34 heavy (non-hydrogen) atoms. The Morgan fingerprint density at radius 3 is 2.41 bits per heavy atom. The van der Waals surface area contributed by atoms with E-state index in [1.54, 1.807) is 13.1 Å². The van der Waals surface area contributed by atoms with Crippen molar-refractivity contribution in [3.05, 3.63) is 65.6 Å². The molecular formula is C23H24F3N7O. The number of aryl methyl sites for hydroxylation is 2. The minimum atomic E-state index is -4.55. The molecule has 1 aliphatic heterocycles. The van der Waals surface area contributed by atoms with Gasteiger partial charge in [-0.05, 0) is 43.7 Å². The molecule has 2 amide bonds. The Morgan fingerprint density at radius 2 is 1.71 bits per heavy atom. The van der Waals surface area contributed by atoms with E-state index in [9.17, 15) is 18.0 Å². The molecule has 0 bridgehead atoms. The number of nitrogens with one attached hydrogen (secondary N) is 2. The van der Waals surface area contributed by atoms with Gasteiger partial charge in [-0.15, -0.1) is 0 Å². The van der Waals surface area contributed by atoms with Crippen molar-refractivity contribution in [3.63, 3.8) is 0 Å². The van der Waals surface area contributed by atoms with Gasteiger partial charge in [0.2, 0.25) is 0 Å². The Kier molecular flexibility index (Phi) is 6.53. The van der Waals surface area contributed by atoms with Gasteiger partial charge < -0.3 is 20.4 Å². The summed E-state index contributed by atoms with van der Waals surface area (Å²) in [5.41, 5.74) is -0.0633. The lowest BCUT2D eigenvalue weighted by atomic mass is 10.1. The van der Waals surface area contributed by atoms with Crippen LogP contribution >= 0.6 is 0 Å². The van der Waals surface area contributed by atoms with E-state index in [1.165, 1.54) is 23.1 Å². The van der Waals surface area contributed by atoms with Gasteiger partial charge in [0.15, 0.2) is 0 Å². The van der Waals surface area contributed by atoms with Crippen molar-refractivity contribution < 1.29 is 18.0 Å². The van der Waals surface area contributed by atoms with Crippen LogP contribution in [0.25, 0.3) is 0 Å². The van der Waals surface area contributed by atoms with Crippen molar-refractivity contribution in [2.24, 2.45) is 0 Å². The second-order valence-electron chi connectivity index (χ2n) is 7.95. The SMILES string of the molecule is Cc1ccnc(Nc2cc(N3CCN(C(=O)Nc4ccccc4C(F)(F)F)CC3)nc(C)n2)c1. The fraction of sp³-hybridized carbons (Fsp3) is 0.304.